The van der Waals surface area contributed by atoms with Gasteiger partial charge in [0.1, 0.15) is 0 Å². The Bertz CT molecular complexity index is 168. The summed E-state index contributed by atoms with van der Waals surface area (Å²) in [6, 6.07) is 0. The first-order valence-electron chi connectivity index (χ1n) is 4.84. The predicted octanol–water partition coefficient (Wildman–Crippen LogP) is 1.54. The molecule has 0 aliphatic heterocycles. The zero-order valence-electron chi connectivity index (χ0n) is 9.32. The van der Waals surface area contributed by atoms with E-state index in [1.807, 2.05) is 6.92 Å². The number of carbonyl (C=O) groups is 1. The van der Waals surface area contributed by atoms with Crippen LogP contribution in [0.15, 0.2) is 0 Å². The number of methoxy groups -OCH3 is 1. The molecule has 4 nitrogen and oxygen atoms in total. The maximum atomic E-state index is 10.7. The third-order valence-corrected chi connectivity index (χ3v) is 1.79. The minimum absolute atomic E-state index is 0.0498. The third kappa shape index (κ3) is 5.94. The molecule has 0 aromatic rings. The Labute approximate surface area is 85.2 Å². The summed E-state index contributed by atoms with van der Waals surface area (Å²) in [5.41, 5.74) is 0. The van der Waals surface area contributed by atoms with Crippen molar-refractivity contribution in [1.82, 2.24) is 0 Å². The fourth-order valence-electron chi connectivity index (χ4n) is 1.32. The molecule has 0 saturated heterocycles. The fraction of sp³-hybridized carbons (Fsp3) is 0.900. The summed E-state index contributed by atoms with van der Waals surface area (Å²) in [6.45, 7) is 6.13. The predicted molar refractivity (Wildman–Crippen MR) is 53.3 cm³/mol. The molecule has 4 heteroatoms. The van der Waals surface area contributed by atoms with E-state index in [1.54, 1.807) is 0 Å². The zero-order chi connectivity index (χ0) is 11.1. The van der Waals surface area contributed by atoms with Crippen molar-refractivity contribution in [3.63, 3.8) is 0 Å². The lowest BCUT2D eigenvalue weighted by atomic mass is 10.1. The maximum absolute atomic E-state index is 10.7. The van der Waals surface area contributed by atoms with E-state index in [9.17, 15) is 4.79 Å². The molecule has 0 amide bonds. The number of hydrogen-bond acceptors (Lipinski definition) is 3. The minimum Gasteiger partial charge on any atom is -0.479 e. The van der Waals surface area contributed by atoms with Gasteiger partial charge < -0.3 is 14.6 Å². The smallest absolute Gasteiger partial charge is 0.335 e. The molecule has 0 aliphatic rings. The van der Waals surface area contributed by atoms with E-state index in [0.29, 0.717) is 5.92 Å². The molecule has 84 valence electrons. The molecule has 2 atom stereocenters. The number of carboxylic acid groups (broad SMARTS) is 1. The lowest BCUT2D eigenvalue weighted by Gasteiger charge is -2.19. The van der Waals surface area contributed by atoms with Crippen molar-refractivity contribution in [2.45, 2.75) is 39.4 Å². The van der Waals surface area contributed by atoms with Crippen LogP contribution in [-0.2, 0) is 14.3 Å². The van der Waals surface area contributed by atoms with Gasteiger partial charge in [-0.05, 0) is 19.3 Å². The molecule has 1 N–H and O–H groups in total. The summed E-state index contributed by atoms with van der Waals surface area (Å²) in [4.78, 5) is 10.7. The van der Waals surface area contributed by atoms with Crippen molar-refractivity contribution in [3.8, 4) is 0 Å². The molecule has 0 saturated carbocycles. The molecule has 0 radical (unpaired) electrons. The molecule has 0 fully saturated rings. The van der Waals surface area contributed by atoms with E-state index in [0.717, 1.165) is 6.42 Å². The normalized spacial score (nSPS) is 15.5. The van der Waals surface area contributed by atoms with Gasteiger partial charge in [-0.15, -0.1) is 0 Å². The summed E-state index contributed by atoms with van der Waals surface area (Å²) < 4.78 is 10.1. The molecular weight excluding hydrogens is 184 g/mol. The second kappa shape index (κ2) is 6.79. The molecule has 0 bridgehead atoms. The summed E-state index contributed by atoms with van der Waals surface area (Å²) in [7, 11) is 1.46. The van der Waals surface area contributed by atoms with Crippen LogP contribution < -0.4 is 0 Å². The van der Waals surface area contributed by atoms with Crippen LogP contribution in [0.1, 0.15) is 27.2 Å². The molecule has 0 heterocycles. The standard InChI is InChI=1S/C10H20O4/c1-7(2)5-8(3)14-9(6-13-4)10(11)12/h7-9H,5-6H2,1-4H3,(H,11,12). The molecule has 0 aliphatic carbocycles. The van der Waals surface area contributed by atoms with Crippen LogP contribution in [0.3, 0.4) is 0 Å². The SMILES string of the molecule is COCC(OC(C)CC(C)C)C(=O)O. The van der Waals surface area contributed by atoms with Gasteiger partial charge in [-0.2, -0.15) is 0 Å². The lowest BCUT2D eigenvalue weighted by molar-refractivity contribution is -0.158. The van der Waals surface area contributed by atoms with Gasteiger partial charge >= 0.3 is 5.97 Å². The quantitative estimate of drug-likeness (QED) is 0.683. The average Bonchev–Trinajstić information content (AvgIpc) is 2.01. The lowest BCUT2D eigenvalue weighted by Crippen LogP contribution is -2.32. The number of carboxylic acids is 1. The highest BCUT2D eigenvalue weighted by Crippen LogP contribution is 2.10. The summed E-state index contributed by atoms with van der Waals surface area (Å²) >= 11 is 0. The molecule has 0 rings (SSSR count). The Hall–Kier alpha value is -0.610. The van der Waals surface area contributed by atoms with Gasteiger partial charge in [0.2, 0.25) is 0 Å². The van der Waals surface area contributed by atoms with Crippen LogP contribution in [0.2, 0.25) is 0 Å². The van der Waals surface area contributed by atoms with Gasteiger partial charge in [-0.1, -0.05) is 13.8 Å². The van der Waals surface area contributed by atoms with Gasteiger partial charge in [-0.3, -0.25) is 0 Å². The summed E-state index contributed by atoms with van der Waals surface area (Å²) in [5.74, 6) is -0.468. The van der Waals surface area contributed by atoms with Crippen molar-refractivity contribution >= 4 is 5.97 Å². The van der Waals surface area contributed by atoms with Gasteiger partial charge in [0, 0.05) is 7.11 Å². The average molecular weight is 204 g/mol. The van der Waals surface area contributed by atoms with E-state index < -0.39 is 12.1 Å². The zero-order valence-corrected chi connectivity index (χ0v) is 9.32. The Kier molecular flexibility index (Phi) is 6.49. The molecule has 2 unspecified atom stereocenters. The number of aliphatic carboxylic acids is 1. The number of rotatable bonds is 7. The van der Waals surface area contributed by atoms with Gasteiger partial charge in [0.25, 0.3) is 0 Å². The first-order valence-corrected chi connectivity index (χ1v) is 4.84. The summed E-state index contributed by atoms with van der Waals surface area (Å²) in [6.07, 6.45) is -0.0481. The highest BCUT2D eigenvalue weighted by molar-refractivity contribution is 5.72. The first-order chi connectivity index (χ1) is 6.47. The van der Waals surface area contributed by atoms with Gasteiger partial charge in [0.05, 0.1) is 12.7 Å². The van der Waals surface area contributed by atoms with Crippen LogP contribution in [0.25, 0.3) is 0 Å². The van der Waals surface area contributed by atoms with Crippen molar-refractivity contribution in [2.24, 2.45) is 5.92 Å². The Balaban J connectivity index is 3.95. The molecule has 14 heavy (non-hydrogen) atoms. The van der Waals surface area contributed by atoms with Crippen LogP contribution in [0.4, 0.5) is 0 Å². The van der Waals surface area contributed by atoms with Crippen LogP contribution in [-0.4, -0.2) is 37.0 Å². The summed E-state index contributed by atoms with van der Waals surface area (Å²) in [5, 5.41) is 8.78. The fourth-order valence-corrected chi connectivity index (χ4v) is 1.32. The second-order valence-corrected chi connectivity index (χ2v) is 3.86. The van der Waals surface area contributed by atoms with Gasteiger partial charge in [0.15, 0.2) is 6.10 Å². The largest absolute Gasteiger partial charge is 0.479 e. The highest BCUT2D eigenvalue weighted by atomic mass is 16.6. The van der Waals surface area contributed by atoms with Crippen LogP contribution in [0.5, 0.6) is 0 Å². The van der Waals surface area contributed by atoms with Crippen molar-refractivity contribution in [1.29, 1.82) is 0 Å². The van der Waals surface area contributed by atoms with E-state index in [4.69, 9.17) is 14.6 Å². The minimum atomic E-state index is -0.970. The van der Waals surface area contributed by atoms with Crippen LogP contribution >= 0.6 is 0 Å². The monoisotopic (exact) mass is 204 g/mol. The third-order valence-electron chi connectivity index (χ3n) is 1.79. The van der Waals surface area contributed by atoms with E-state index in [2.05, 4.69) is 13.8 Å². The number of ether oxygens (including phenoxy) is 2. The van der Waals surface area contributed by atoms with Crippen LogP contribution in [0, 0.1) is 5.92 Å². The van der Waals surface area contributed by atoms with Gasteiger partial charge in [-0.25, -0.2) is 4.79 Å². The topological polar surface area (TPSA) is 55.8 Å². The Morgan fingerprint density at radius 2 is 1.93 bits per heavy atom. The molecular formula is C10H20O4. The molecule has 0 aromatic carbocycles. The molecule has 0 spiro atoms. The van der Waals surface area contributed by atoms with Crippen molar-refractivity contribution in [3.05, 3.63) is 0 Å². The van der Waals surface area contributed by atoms with E-state index in [-0.39, 0.29) is 12.7 Å². The Morgan fingerprint density at radius 3 is 2.29 bits per heavy atom. The molecule has 0 aromatic heterocycles. The first kappa shape index (κ1) is 13.4. The van der Waals surface area contributed by atoms with E-state index in [1.165, 1.54) is 7.11 Å². The van der Waals surface area contributed by atoms with Crippen molar-refractivity contribution < 1.29 is 19.4 Å². The maximum Gasteiger partial charge on any atom is 0.335 e. The number of hydrogen-bond donors (Lipinski definition) is 1. The Morgan fingerprint density at radius 1 is 1.36 bits per heavy atom. The second-order valence-electron chi connectivity index (χ2n) is 3.86. The van der Waals surface area contributed by atoms with E-state index >= 15 is 0 Å². The van der Waals surface area contributed by atoms with Crippen molar-refractivity contribution in [2.75, 3.05) is 13.7 Å². The highest BCUT2D eigenvalue weighted by Gasteiger charge is 2.20.